The molecular weight excluding hydrogens is 681 g/mol. The molecule has 9 aromatic rings. The zero-order valence-corrected chi connectivity index (χ0v) is 30.6. The van der Waals surface area contributed by atoms with Gasteiger partial charge in [0.2, 0.25) is 0 Å². The average molecular weight is 717 g/mol. The number of hydrogen-bond acceptors (Lipinski definition) is 3. The van der Waals surface area contributed by atoms with Crippen molar-refractivity contribution in [1.82, 2.24) is 14.5 Å². The highest BCUT2D eigenvalue weighted by molar-refractivity contribution is 5.94. The minimum absolute atomic E-state index is 0.0533. The van der Waals surface area contributed by atoms with Gasteiger partial charge in [-0.25, -0.2) is 9.97 Å². The third-order valence-electron chi connectivity index (χ3n) is 11.4. The van der Waals surface area contributed by atoms with Crippen molar-refractivity contribution in [2.75, 3.05) is 4.90 Å². The molecule has 2 aliphatic rings. The number of benzene rings is 6. The number of para-hydroxylation sites is 2. The summed E-state index contributed by atoms with van der Waals surface area (Å²) in [4.78, 5) is 13.1. The van der Waals surface area contributed by atoms with Crippen LogP contribution in [0, 0.1) is 0 Å². The van der Waals surface area contributed by atoms with Crippen LogP contribution in [0.3, 0.4) is 0 Å². The molecule has 0 saturated carbocycles. The van der Waals surface area contributed by atoms with Crippen molar-refractivity contribution in [3.8, 4) is 50.6 Å². The van der Waals surface area contributed by atoms with Crippen LogP contribution in [0.2, 0.25) is 0 Å². The standard InChI is InChI=1S/C52H36N4/c1-3-15-35(16-4-1)37-19-11-21-39(33-37)43-25-13-29-49(53-43)55-45-27-9-7-23-41(45)51-47(55)31-32-48-52(51)42-24-8-10-28-46(42)56(48)50-30-14-26-44(54-50)40-22-12-20-38(34-40)36-17-5-2-6-18-36/h1-34,47,51H. The number of anilines is 2. The summed E-state index contributed by atoms with van der Waals surface area (Å²) in [5.74, 6) is 1.95. The summed E-state index contributed by atoms with van der Waals surface area (Å²) in [5, 5.41) is 1.25. The van der Waals surface area contributed by atoms with Crippen LogP contribution in [0.5, 0.6) is 0 Å². The van der Waals surface area contributed by atoms with E-state index in [9.17, 15) is 0 Å². The van der Waals surface area contributed by atoms with Gasteiger partial charge in [0.05, 0.1) is 28.6 Å². The fourth-order valence-corrected chi connectivity index (χ4v) is 8.88. The molecular formula is C52H36N4. The van der Waals surface area contributed by atoms with Crippen LogP contribution in [0.15, 0.2) is 200 Å². The lowest BCUT2D eigenvalue weighted by Gasteiger charge is -2.30. The molecule has 6 aromatic carbocycles. The summed E-state index contributed by atoms with van der Waals surface area (Å²) in [6.07, 6.45) is 4.69. The number of pyridine rings is 2. The van der Waals surface area contributed by atoms with Gasteiger partial charge in [0.15, 0.2) is 0 Å². The molecule has 4 heterocycles. The Morgan fingerprint density at radius 2 is 0.964 bits per heavy atom. The van der Waals surface area contributed by atoms with Gasteiger partial charge in [-0.15, -0.1) is 0 Å². The van der Waals surface area contributed by atoms with Crippen molar-refractivity contribution in [1.29, 1.82) is 0 Å². The van der Waals surface area contributed by atoms with Crippen LogP contribution in [0.4, 0.5) is 11.5 Å². The first kappa shape index (κ1) is 32.2. The van der Waals surface area contributed by atoms with Crippen LogP contribution in [-0.4, -0.2) is 20.6 Å². The maximum atomic E-state index is 5.36. The molecule has 4 nitrogen and oxygen atoms in total. The molecule has 264 valence electrons. The summed E-state index contributed by atoms with van der Waals surface area (Å²) in [5.41, 5.74) is 15.0. The van der Waals surface area contributed by atoms with Crippen LogP contribution in [0.1, 0.15) is 22.7 Å². The van der Waals surface area contributed by atoms with Gasteiger partial charge >= 0.3 is 0 Å². The molecule has 1 aliphatic carbocycles. The highest BCUT2D eigenvalue weighted by Crippen LogP contribution is 2.53. The highest BCUT2D eigenvalue weighted by atomic mass is 15.2. The van der Waals surface area contributed by atoms with Gasteiger partial charge in [-0.2, -0.15) is 0 Å². The molecule has 0 bridgehead atoms. The molecule has 4 heteroatoms. The first-order valence-corrected chi connectivity index (χ1v) is 19.2. The smallest absolute Gasteiger partial charge is 0.138 e. The molecule has 56 heavy (non-hydrogen) atoms. The van der Waals surface area contributed by atoms with Crippen LogP contribution in [0.25, 0.3) is 67.6 Å². The van der Waals surface area contributed by atoms with E-state index in [0.29, 0.717) is 0 Å². The first-order valence-electron chi connectivity index (χ1n) is 19.2. The number of rotatable bonds is 6. The van der Waals surface area contributed by atoms with E-state index < -0.39 is 0 Å². The predicted octanol–water partition coefficient (Wildman–Crippen LogP) is 12.8. The minimum atomic E-state index is 0.0533. The molecule has 0 N–H and O–H groups in total. The Bertz CT molecular complexity index is 2940. The Balaban J connectivity index is 1.01. The maximum absolute atomic E-state index is 5.36. The van der Waals surface area contributed by atoms with E-state index in [1.54, 1.807) is 0 Å². The Morgan fingerprint density at radius 1 is 0.429 bits per heavy atom. The third kappa shape index (κ3) is 5.30. The number of hydrogen-bond donors (Lipinski definition) is 0. The van der Waals surface area contributed by atoms with E-state index in [2.05, 4.69) is 216 Å². The molecule has 2 unspecified atom stereocenters. The normalized spacial score (nSPS) is 15.4. The largest absolute Gasteiger partial charge is 0.318 e. The summed E-state index contributed by atoms with van der Waals surface area (Å²) in [6.45, 7) is 0. The van der Waals surface area contributed by atoms with E-state index in [1.165, 1.54) is 50.1 Å². The Kier molecular flexibility index (Phi) is 7.59. The van der Waals surface area contributed by atoms with Gasteiger partial charge in [0.1, 0.15) is 11.6 Å². The Morgan fingerprint density at radius 3 is 1.66 bits per heavy atom. The summed E-state index contributed by atoms with van der Waals surface area (Å²) in [6, 6.07) is 68.9. The number of aromatic nitrogens is 3. The van der Waals surface area contributed by atoms with E-state index in [0.717, 1.165) is 39.7 Å². The van der Waals surface area contributed by atoms with Gasteiger partial charge < -0.3 is 4.90 Å². The molecule has 3 aromatic heterocycles. The highest BCUT2D eigenvalue weighted by Gasteiger charge is 2.43. The second-order valence-electron chi connectivity index (χ2n) is 14.6. The van der Waals surface area contributed by atoms with Crippen molar-refractivity contribution in [2.24, 2.45) is 0 Å². The van der Waals surface area contributed by atoms with Gasteiger partial charge in [-0.3, -0.25) is 4.57 Å². The van der Waals surface area contributed by atoms with Gasteiger partial charge in [0.25, 0.3) is 0 Å². The SMILES string of the molecule is C1=CC2C(c3ccccc3N2c2cccc(-c3cccc(-c4ccccc4)c3)n2)c2c1n(-c1cccc(-c3cccc(-c4ccccc4)c3)n1)c1ccccc21. The molecule has 0 radical (unpaired) electrons. The maximum Gasteiger partial charge on any atom is 0.138 e. The molecule has 0 fully saturated rings. The second-order valence-corrected chi connectivity index (χ2v) is 14.6. The van der Waals surface area contributed by atoms with Crippen molar-refractivity contribution in [3.05, 3.63) is 217 Å². The molecule has 2 atom stereocenters. The Labute approximate surface area is 326 Å². The average Bonchev–Trinajstić information content (AvgIpc) is 3.80. The van der Waals surface area contributed by atoms with Crippen molar-refractivity contribution in [2.45, 2.75) is 12.0 Å². The quantitative estimate of drug-likeness (QED) is 0.172. The number of fused-ring (bicyclic) bond motifs is 7. The lowest BCUT2D eigenvalue weighted by molar-refractivity contribution is 0.719. The summed E-state index contributed by atoms with van der Waals surface area (Å²) >= 11 is 0. The van der Waals surface area contributed by atoms with E-state index in [1.807, 2.05) is 0 Å². The van der Waals surface area contributed by atoms with E-state index in [4.69, 9.17) is 9.97 Å². The monoisotopic (exact) mass is 716 g/mol. The molecule has 0 saturated heterocycles. The fourth-order valence-electron chi connectivity index (χ4n) is 8.88. The lowest BCUT2D eigenvalue weighted by Crippen LogP contribution is -2.31. The van der Waals surface area contributed by atoms with Gasteiger partial charge in [-0.05, 0) is 88.0 Å². The molecule has 0 spiro atoms. The second kappa shape index (κ2) is 13.2. The Hall–Kier alpha value is -7.30. The lowest BCUT2D eigenvalue weighted by atomic mass is 9.82. The van der Waals surface area contributed by atoms with E-state index in [-0.39, 0.29) is 12.0 Å². The summed E-state index contributed by atoms with van der Waals surface area (Å²) in [7, 11) is 0. The molecule has 11 rings (SSSR count). The molecule has 1 aliphatic heterocycles. The van der Waals surface area contributed by atoms with Crippen LogP contribution < -0.4 is 4.90 Å². The zero-order chi connectivity index (χ0) is 37.0. The minimum Gasteiger partial charge on any atom is -0.318 e. The van der Waals surface area contributed by atoms with Gasteiger partial charge in [0, 0.05) is 28.1 Å². The third-order valence-corrected chi connectivity index (χ3v) is 11.4. The number of nitrogens with zero attached hydrogens (tertiary/aromatic N) is 4. The zero-order valence-electron chi connectivity index (χ0n) is 30.6. The van der Waals surface area contributed by atoms with Crippen molar-refractivity contribution in [3.63, 3.8) is 0 Å². The topological polar surface area (TPSA) is 34.0 Å². The van der Waals surface area contributed by atoms with Crippen molar-refractivity contribution >= 4 is 28.5 Å². The van der Waals surface area contributed by atoms with Crippen molar-refractivity contribution < 1.29 is 0 Å². The molecule has 0 amide bonds. The van der Waals surface area contributed by atoms with Crippen LogP contribution >= 0.6 is 0 Å². The predicted molar refractivity (Wildman–Crippen MR) is 230 cm³/mol. The van der Waals surface area contributed by atoms with Crippen LogP contribution in [-0.2, 0) is 0 Å². The van der Waals surface area contributed by atoms with E-state index >= 15 is 0 Å². The van der Waals surface area contributed by atoms with Gasteiger partial charge in [-0.1, -0.05) is 152 Å². The fraction of sp³-hybridized carbons (Fsp3) is 0.0385. The summed E-state index contributed by atoms with van der Waals surface area (Å²) < 4.78 is 2.35. The first-order chi connectivity index (χ1) is 27.8.